The molecule has 0 aliphatic heterocycles. The first kappa shape index (κ1) is 13.3. The quantitative estimate of drug-likeness (QED) is 0.560. The number of benzene rings is 1. The Kier molecular flexibility index (Phi) is 5.86. The van der Waals surface area contributed by atoms with Crippen LogP contribution >= 0.6 is 0 Å². The van der Waals surface area contributed by atoms with Crippen LogP contribution in [0.1, 0.15) is 24.8 Å². The topological polar surface area (TPSA) is 35.5 Å². The standard InChI is InChI=1S/C14H18O3/c1-16-13-10-8-12(9-11-13)6-4-3-5-7-14(15)17-2/h4,6,8-11H,3,5,7H2,1-2H3/b6-4-. The van der Waals surface area contributed by atoms with E-state index in [2.05, 4.69) is 10.8 Å². The molecule has 1 aromatic rings. The molecule has 0 amide bonds. The van der Waals surface area contributed by atoms with Crippen molar-refractivity contribution in [2.45, 2.75) is 19.3 Å². The van der Waals surface area contributed by atoms with E-state index in [-0.39, 0.29) is 5.97 Å². The molecule has 0 saturated heterocycles. The zero-order valence-corrected chi connectivity index (χ0v) is 10.3. The number of ether oxygens (including phenoxy) is 2. The lowest BCUT2D eigenvalue weighted by Crippen LogP contribution is -1.98. The summed E-state index contributed by atoms with van der Waals surface area (Å²) in [6, 6.07) is 7.84. The number of allylic oxidation sites excluding steroid dienone is 1. The summed E-state index contributed by atoms with van der Waals surface area (Å²) in [6.45, 7) is 0. The third-order valence-corrected chi connectivity index (χ3v) is 2.41. The molecule has 92 valence electrons. The summed E-state index contributed by atoms with van der Waals surface area (Å²) < 4.78 is 9.64. The Morgan fingerprint density at radius 2 is 1.94 bits per heavy atom. The van der Waals surface area contributed by atoms with E-state index in [0.29, 0.717) is 6.42 Å². The molecule has 0 unspecified atom stereocenters. The van der Waals surface area contributed by atoms with Crippen LogP contribution in [-0.4, -0.2) is 20.2 Å². The second kappa shape index (κ2) is 7.49. The summed E-state index contributed by atoms with van der Waals surface area (Å²) in [7, 11) is 3.06. The van der Waals surface area contributed by atoms with Crippen LogP contribution in [0.5, 0.6) is 5.75 Å². The fraction of sp³-hybridized carbons (Fsp3) is 0.357. The van der Waals surface area contributed by atoms with Crippen LogP contribution < -0.4 is 4.74 Å². The number of esters is 1. The molecule has 0 N–H and O–H groups in total. The maximum atomic E-state index is 10.9. The fourth-order valence-electron chi connectivity index (χ4n) is 1.40. The van der Waals surface area contributed by atoms with E-state index in [9.17, 15) is 4.79 Å². The number of hydrogen-bond donors (Lipinski definition) is 0. The van der Waals surface area contributed by atoms with Gasteiger partial charge in [-0.3, -0.25) is 4.79 Å². The summed E-state index contributed by atoms with van der Waals surface area (Å²) in [5.41, 5.74) is 1.13. The zero-order chi connectivity index (χ0) is 12.5. The van der Waals surface area contributed by atoms with Crippen LogP contribution in [0.25, 0.3) is 6.08 Å². The molecule has 0 atom stereocenters. The van der Waals surface area contributed by atoms with Gasteiger partial charge in [-0.25, -0.2) is 0 Å². The van der Waals surface area contributed by atoms with Crippen LogP contribution in [0, 0.1) is 0 Å². The molecule has 3 nitrogen and oxygen atoms in total. The Labute approximate surface area is 102 Å². The largest absolute Gasteiger partial charge is 0.497 e. The molecule has 1 rings (SSSR count). The van der Waals surface area contributed by atoms with E-state index >= 15 is 0 Å². The van der Waals surface area contributed by atoms with Gasteiger partial charge >= 0.3 is 5.97 Å². The van der Waals surface area contributed by atoms with Gasteiger partial charge in [-0.1, -0.05) is 24.3 Å². The number of methoxy groups -OCH3 is 2. The molecular formula is C14H18O3. The number of unbranched alkanes of at least 4 members (excludes halogenated alkanes) is 1. The Morgan fingerprint density at radius 3 is 2.53 bits per heavy atom. The van der Waals surface area contributed by atoms with Crippen molar-refractivity contribution in [1.29, 1.82) is 0 Å². The first-order chi connectivity index (χ1) is 8.26. The molecule has 0 radical (unpaired) electrons. The molecule has 0 aliphatic carbocycles. The van der Waals surface area contributed by atoms with Gasteiger partial charge in [0, 0.05) is 6.42 Å². The number of rotatable bonds is 6. The van der Waals surface area contributed by atoms with Gasteiger partial charge in [-0.05, 0) is 30.5 Å². The summed E-state index contributed by atoms with van der Waals surface area (Å²) in [4.78, 5) is 10.9. The Bertz CT molecular complexity index is 366. The van der Waals surface area contributed by atoms with Gasteiger partial charge in [-0.2, -0.15) is 0 Å². The Morgan fingerprint density at radius 1 is 1.24 bits per heavy atom. The van der Waals surface area contributed by atoms with Crippen LogP contribution in [-0.2, 0) is 9.53 Å². The smallest absolute Gasteiger partial charge is 0.305 e. The first-order valence-corrected chi connectivity index (χ1v) is 5.63. The lowest BCUT2D eigenvalue weighted by atomic mass is 10.1. The predicted octanol–water partition coefficient (Wildman–Crippen LogP) is 3.05. The molecule has 17 heavy (non-hydrogen) atoms. The molecule has 0 bridgehead atoms. The third kappa shape index (κ3) is 5.20. The van der Waals surface area contributed by atoms with Crippen LogP contribution in [0.3, 0.4) is 0 Å². The lowest BCUT2D eigenvalue weighted by molar-refractivity contribution is -0.140. The molecule has 0 spiro atoms. The highest BCUT2D eigenvalue weighted by Gasteiger charge is 1.97. The maximum Gasteiger partial charge on any atom is 0.305 e. The summed E-state index contributed by atoms with van der Waals surface area (Å²) in [5, 5.41) is 0. The van der Waals surface area contributed by atoms with Gasteiger partial charge in [0.05, 0.1) is 14.2 Å². The number of carbonyl (C=O) groups is 1. The van der Waals surface area contributed by atoms with Crippen LogP contribution in [0.15, 0.2) is 30.3 Å². The second-order valence-electron chi connectivity index (χ2n) is 3.64. The molecule has 1 aromatic carbocycles. The minimum atomic E-state index is -0.150. The average Bonchev–Trinajstić information content (AvgIpc) is 2.38. The number of carbonyl (C=O) groups excluding carboxylic acids is 1. The van der Waals surface area contributed by atoms with Crippen molar-refractivity contribution in [1.82, 2.24) is 0 Å². The normalized spacial score (nSPS) is 10.5. The van der Waals surface area contributed by atoms with E-state index in [0.717, 1.165) is 24.2 Å². The van der Waals surface area contributed by atoms with E-state index in [4.69, 9.17) is 4.74 Å². The van der Waals surface area contributed by atoms with Crippen molar-refractivity contribution in [2.24, 2.45) is 0 Å². The van der Waals surface area contributed by atoms with Crippen molar-refractivity contribution in [3.05, 3.63) is 35.9 Å². The minimum absolute atomic E-state index is 0.150. The van der Waals surface area contributed by atoms with Gasteiger partial charge in [0.25, 0.3) is 0 Å². The number of hydrogen-bond acceptors (Lipinski definition) is 3. The highest BCUT2D eigenvalue weighted by Crippen LogP contribution is 2.12. The zero-order valence-electron chi connectivity index (χ0n) is 10.3. The van der Waals surface area contributed by atoms with Gasteiger partial charge in [0.2, 0.25) is 0 Å². The summed E-state index contributed by atoms with van der Waals surface area (Å²) in [6.07, 6.45) is 6.27. The van der Waals surface area contributed by atoms with Crippen molar-refractivity contribution < 1.29 is 14.3 Å². The molecule has 0 heterocycles. The first-order valence-electron chi connectivity index (χ1n) is 5.63. The Balaban J connectivity index is 2.30. The van der Waals surface area contributed by atoms with Crippen molar-refractivity contribution in [3.8, 4) is 5.75 Å². The second-order valence-corrected chi connectivity index (χ2v) is 3.64. The SMILES string of the molecule is COC(=O)CCC/C=C\c1ccc(OC)cc1. The van der Waals surface area contributed by atoms with Gasteiger partial charge < -0.3 is 9.47 Å². The molecular weight excluding hydrogens is 216 g/mol. The fourth-order valence-corrected chi connectivity index (χ4v) is 1.40. The lowest BCUT2D eigenvalue weighted by Gasteiger charge is -1.99. The highest BCUT2D eigenvalue weighted by molar-refractivity contribution is 5.69. The van der Waals surface area contributed by atoms with E-state index in [1.54, 1.807) is 7.11 Å². The van der Waals surface area contributed by atoms with Gasteiger partial charge in [0.1, 0.15) is 5.75 Å². The molecule has 3 heteroatoms. The third-order valence-electron chi connectivity index (χ3n) is 2.41. The summed E-state index contributed by atoms with van der Waals surface area (Å²) in [5.74, 6) is 0.704. The van der Waals surface area contributed by atoms with E-state index in [1.807, 2.05) is 30.3 Å². The average molecular weight is 234 g/mol. The van der Waals surface area contributed by atoms with E-state index in [1.165, 1.54) is 7.11 Å². The highest BCUT2D eigenvalue weighted by atomic mass is 16.5. The van der Waals surface area contributed by atoms with Crippen LogP contribution in [0.2, 0.25) is 0 Å². The molecule has 0 aliphatic rings. The van der Waals surface area contributed by atoms with Gasteiger partial charge in [-0.15, -0.1) is 0 Å². The predicted molar refractivity (Wildman–Crippen MR) is 67.9 cm³/mol. The maximum absolute atomic E-state index is 10.9. The van der Waals surface area contributed by atoms with Crippen molar-refractivity contribution in [3.63, 3.8) is 0 Å². The molecule has 0 fully saturated rings. The summed E-state index contributed by atoms with van der Waals surface area (Å²) >= 11 is 0. The molecule has 0 saturated carbocycles. The van der Waals surface area contributed by atoms with Crippen molar-refractivity contribution >= 4 is 12.0 Å². The monoisotopic (exact) mass is 234 g/mol. The van der Waals surface area contributed by atoms with Crippen molar-refractivity contribution in [2.75, 3.05) is 14.2 Å². The van der Waals surface area contributed by atoms with E-state index < -0.39 is 0 Å². The van der Waals surface area contributed by atoms with Gasteiger partial charge in [0.15, 0.2) is 0 Å². The van der Waals surface area contributed by atoms with Crippen LogP contribution in [0.4, 0.5) is 0 Å². The Hall–Kier alpha value is -1.77. The minimum Gasteiger partial charge on any atom is -0.497 e. The molecule has 0 aromatic heterocycles.